The number of aromatic nitrogens is 2. The first-order valence-corrected chi connectivity index (χ1v) is 7.28. The summed E-state index contributed by atoms with van der Waals surface area (Å²) < 4.78 is 1.64. The van der Waals surface area contributed by atoms with Crippen molar-refractivity contribution < 1.29 is 9.90 Å². The van der Waals surface area contributed by atoms with Crippen LogP contribution in [-0.2, 0) is 13.5 Å². The van der Waals surface area contributed by atoms with E-state index in [4.69, 9.17) is 0 Å². The van der Waals surface area contributed by atoms with E-state index in [1.54, 1.807) is 24.9 Å². The predicted molar refractivity (Wildman–Crippen MR) is 79.6 cm³/mol. The molecule has 0 aromatic carbocycles. The number of carbonyl (C=O) groups is 1. The van der Waals surface area contributed by atoms with E-state index in [-0.39, 0.29) is 12.5 Å². The van der Waals surface area contributed by atoms with Crippen molar-refractivity contribution in [3.63, 3.8) is 0 Å². The van der Waals surface area contributed by atoms with E-state index >= 15 is 0 Å². The van der Waals surface area contributed by atoms with Gasteiger partial charge in [-0.3, -0.25) is 9.48 Å². The van der Waals surface area contributed by atoms with Crippen LogP contribution >= 0.6 is 0 Å². The van der Waals surface area contributed by atoms with Crippen LogP contribution in [0.15, 0.2) is 6.20 Å². The molecule has 5 heteroatoms. The van der Waals surface area contributed by atoms with Gasteiger partial charge in [-0.15, -0.1) is 0 Å². The molecule has 114 valence electrons. The lowest BCUT2D eigenvalue weighted by Gasteiger charge is -2.24. The minimum atomic E-state index is -0.867. The van der Waals surface area contributed by atoms with Crippen LogP contribution in [0.4, 0.5) is 0 Å². The van der Waals surface area contributed by atoms with Gasteiger partial charge in [0, 0.05) is 19.8 Å². The molecule has 0 spiro atoms. The van der Waals surface area contributed by atoms with Crippen LogP contribution in [0.5, 0.6) is 0 Å². The SMILES string of the molecule is CCc1nn(C)cc1C(=O)NCC(C)(O)CCC(C)C. The van der Waals surface area contributed by atoms with Crippen molar-refractivity contribution in [2.24, 2.45) is 13.0 Å². The van der Waals surface area contributed by atoms with Gasteiger partial charge in [0.1, 0.15) is 0 Å². The number of hydrogen-bond donors (Lipinski definition) is 2. The number of rotatable bonds is 7. The van der Waals surface area contributed by atoms with Gasteiger partial charge in [0.15, 0.2) is 0 Å². The van der Waals surface area contributed by atoms with Crippen molar-refractivity contribution in [2.45, 2.75) is 52.6 Å². The van der Waals surface area contributed by atoms with Gasteiger partial charge in [0.2, 0.25) is 0 Å². The second-order valence-electron chi connectivity index (χ2n) is 6.13. The topological polar surface area (TPSA) is 67.2 Å². The molecule has 0 saturated heterocycles. The lowest BCUT2D eigenvalue weighted by atomic mass is 9.95. The molecule has 1 unspecified atom stereocenters. The van der Waals surface area contributed by atoms with Crippen LogP contribution in [0.2, 0.25) is 0 Å². The summed E-state index contributed by atoms with van der Waals surface area (Å²) in [6.07, 6.45) is 4.05. The van der Waals surface area contributed by atoms with Crippen molar-refractivity contribution in [3.8, 4) is 0 Å². The van der Waals surface area contributed by atoms with E-state index in [9.17, 15) is 9.90 Å². The van der Waals surface area contributed by atoms with E-state index in [0.717, 1.165) is 12.1 Å². The molecule has 0 aliphatic rings. The molecular weight excluding hydrogens is 254 g/mol. The maximum atomic E-state index is 12.1. The van der Waals surface area contributed by atoms with Gasteiger partial charge in [-0.2, -0.15) is 5.10 Å². The van der Waals surface area contributed by atoms with Gasteiger partial charge in [-0.05, 0) is 32.1 Å². The highest BCUT2D eigenvalue weighted by molar-refractivity contribution is 5.95. The number of nitrogens with one attached hydrogen (secondary N) is 1. The fourth-order valence-corrected chi connectivity index (χ4v) is 2.04. The third-order valence-electron chi connectivity index (χ3n) is 3.37. The van der Waals surface area contributed by atoms with Crippen LogP contribution < -0.4 is 5.32 Å². The highest BCUT2D eigenvalue weighted by Gasteiger charge is 2.23. The molecule has 1 heterocycles. The summed E-state index contributed by atoms with van der Waals surface area (Å²) in [6, 6.07) is 0. The first-order valence-electron chi connectivity index (χ1n) is 7.28. The largest absolute Gasteiger partial charge is 0.388 e. The molecule has 1 atom stereocenters. The van der Waals surface area contributed by atoms with Gasteiger partial charge in [0.25, 0.3) is 5.91 Å². The van der Waals surface area contributed by atoms with Crippen LogP contribution in [0.3, 0.4) is 0 Å². The number of nitrogens with zero attached hydrogens (tertiary/aromatic N) is 2. The number of carbonyl (C=O) groups excluding carboxylic acids is 1. The third kappa shape index (κ3) is 4.96. The van der Waals surface area contributed by atoms with E-state index < -0.39 is 5.60 Å². The van der Waals surface area contributed by atoms with Gasteiger partial charge in [-0.25, -0.2) is 0 Å². The summed E-state index contributed by atoms with van der Waals surface area (Å²) in [5.74, 6) is 0.377. The molecule has 0 bridgehead atoms. The molecular formula is C15H27N3O2. The summed E-state index contributed by atoms with van der Waals surface area (Å²) in [6.45, 7) is 8.24. The van der Waals surface area contributed by atoms with E-state index in [2.05, 4.69) is 24.3 Å². The summed E-state index contributed by atoms with van der Waals surface area (Å²) in [7, 11) is 1.80. The van der Waals surface area contributed by atoms with Gasteiger partial charge < -0.3 is 10.4 Å². The maximum absolute atomic E-state index is 12.1. The second kappa shape index (κ2) is 6.88. The standard InChI is InChI=1S/C15H27N3O2/c1-6-13-12(9-18(5)17-13)14(19)16-10-15(4,20)8-7-11(2)3/h9,11,20H,6-8,10H2,1-5H3,(H,16,19). The van der Waals surface area contributed by atoms with E-state index in [0.29, 0.717) is 24.3 Å². The Morgan fingerprint density at radius 2 is 2.20 bits per heavy atom. The van der Waals surface area contributed by atoms with Crippen LogP contribution in [-0.4, -0.2) is 32.9 Å². The summed E-state index contributed by atoms with van der Waals surface area (Å²) in [5.41, 5.74) is 0.510. The molecule has 1 rings (SSSR count). The first kappa shape index (κ1) is 16.7. The van der Waals surface area contributed by atoms with Crippen molar-refractivity contribution >= 4 is 5.91 Å². The average molecular weight is 281 g/mol. The lowest BCUT2D eigenvalue weighted by Crippen LogP contribution is -2.41. The molecule has 1 amide bonds. The van der Waals surface area contributed by atoms with Gasteiger partial charge in [0.05, 0.1) is 16.9 Å². The molecule has 5 nitrogen and oxygen atoms in total. The second-order valence-corrected chi connectivity index (χ2v) is 6.13. The Labute approximate surface area is 121 Å². The predicted octanol–water partition coefficient (Wildman–Crippen LogP) is 1.90. The Kier molecular flexibility index (Phi) is 5.74. The smallest absolute Gasteiger partial charge is 0.254 e. The van der Waals surface area contributed by atoms with Gasteiger partial charge in [-0.1, -0.05) is 20.8 Å². The minimum absolute atomic E-state index is 0.167. The van der Waals surface area contributed by atoms with Crippen molar-refractivity contribution in [2.75, 3.05) is 6.54 Å². The Hall–Kier alpha value is -1.36. The molecule has 1 aromatic heterocycles. The zero-order chi connectivity index (χ0) is 15.3. The average Bonchev–Trinajstić information content (AvgIpc) is 2.75. The van der Waals surface area contributed by atoms with Crippen LogP contribution in [0.1, 0.15) is 56.6 Å². The maximum Gasteiger partial charge on any atom is 0.254 e. The van der Waals surface area contributed by atoms with Crippen molar-refractivity contribution in [1.29, 1.82) is 0 Å². The Morgan fingerprint density at radius 1 is 1.55 bits per heavy atom. The highest BCUT2D eigenvalue weighted by Crippen LogP contribution is 2.16. The van der Waals surface area contributed by atoms with Crippen molar-refractivity contribution in [1.82, 2.24) is 15.1 Å². The fraction of sp³-hybridized carbons (Fsp3) is 0.733. The molecule has 0 fully saturated rings. The minimum Gasteiger partial charge on any atom is -0.388 e. The summed E-state index contributed by atoms with van der Waals surface area (Å²) in [4.78, 5) is 12.1. The Bertz CT molecular complexity index is 450. The summed E-state index contributed by atoms with van der Waals surface area (Å²) in [5, 5.41) is 17.3. The zero-order valence-corrected chi connectivity index (χ0v) is 13.2. The van der Waals surface area contributed by atoms with Gasteiger partial charge >= 0.3 is 0 Å². The van der Waals surface area contributed by atoms with E-state index in [1.807, 2.05) is 6.92 Å². The molecule has 0 aliphatic carbocycles. The Balaban J connectivity index is 2.58. The molecule has 20 heavy (non-hydrogen) atoms. The van der Waals surface area contributed by atoms with E-state index in [1.165, 1.54) is 0 Å². The first-order chi connectivity index (χ1) is 9.25. The molecule has 0 saturated carbocycles. The van der Waals surface area contributed by atoms with Crippen LogP contribution in [0, 0.1) is 5.92 Å². The number of aliphatic hydroxyl groups is 1. The molecule has 2 N–H and O–H groups in total. The number of amides is 1. The monoisotopic (exact) mass is 281 g/mol. The molecule has 0 radical (unpaired) electrons. The quantitative estimate of drug-likeness (QED) is 0.802. The number of hydrogen-bond acceptors (Lipinski definition) is 3. The molecule has 1 aromatic rings. The zero-order valence-electron chi connectivity index (χ0n) is 13.2. The Morgan fingerprint density at radius 3 is 2.75 bits per heavy atom. The fourth-order valence-electron chi connectivity index (χ4n) is 2.04. The normalized spacial score (nSPS) is 14.3. The van der Waals surface area contributed by atoms with Crippen molar-refractivity contribution in [3.05, 3.63) is 17.5 Å². The molecule has 0 aliphatic heterocycles. The lowest BCUT2D eigenvalue weighted by molar-refractivity contribution is 0.0429. The van der Waals surface area contributed by atoms with Crippen LogP contribution in [0.25, 0.3) is 0 Å². The summed E-state index contributed by atoms with van der Waals surface area (Å²) >= 11 is 0. The highest BCUT2D eigenvalue weighted by atomic mass is 16.3. The third-order valence-corrected chi connectivity index (χ3v) is 3.37. The number of aryl methyl sites for hydroxylation is 2.